The van der Waals surface area contributed by atoms with Crippen molar-refractivity contribution in [3.05, 3.63) is 57.0 Å². The molecule has 0 saturated heterocycles. The number of halogens is 3. The van der Waals surface area contributed by atoms with Crippen LogP contribution in [0.5, 0.6) is 5.75 Å². The van der Waals surface area contributed by atoms with Gasteiger partial charge in [-0.15, -0.1) is 0 Å². The molecule has 0 aliphatic heterocycles. The number of amides is 1. The van der Waals surface area contributed by atoms with Crippen molar-refractivity contribution in [3.63, 3.8) is 0 Å². The van der Waals surface area contributed by atoms with E-state index in [2.05, 4.69) is 26.6 Å². The Balaban J connectivity index is 1.84. The molecule has 0 aromatic heterocycles. The van der Waals surface area contributed by atoms with Gasteiger partial charge >= 0.3 is 0 Å². The molecular weight excluding hydrogens is 423 g/mol. The molecule has 4 nitrogen and oxygen atoms in total. The zero-order valence-electron chi connectivity index (χ0n) is 11.6. The molecule has 23 heavy (non-hydrogen) atoms. The van der Waals surface area contributed by atoms with Crippen LogP contribution >= 0.6 is 51.3 Å². The summed E-state index contributed by atoms with van der Waals surface area (Å²) in [7, 11) is 0. The van der Waals surface area contributed by atoms with E-state index in [0.717, 1.165) is 4.47 Å². The molecule has 2 N–H and O–H groups in total. The zero-order chi connectivity index (χ0) is 16.8. The quantitative estimate of drug-likeness (QED) is 0.689. The monoisotopic (exact) mass is 432 g/mol. The zero-order valence-corrected chi connectivity index (χ0v) is 15.5. The normalized spacial score (nSPS) is 10.0. The van der Waals surface area contributed by atoms with Gasteiger partial charge in [-0.25, -0.2) is 0 Å². The Labute approximate surface area is 157 Å². The summed E-state index contributed by atoms with van der Waals surface area (Å²) in [6, 6.07) is 12.1. The molecule has 1 amide bonds. The number of carbonyl (C=O) groups is 1. The second-order valence-electron chi connectivity index (χ2n) is 4.35. The largest absolute Gasteiger partial charge is 0.482 e. The lowest BCUT2D eigenvalue weighted by Gasteiger charge is -2.11. The van der Waals surface area contributed by atoms with Gasteiger partial charge in [0.25, 0.3) is 5.91 Å². The van der Waals surface area contributed by atoms with E-state index in [-0.39, 0.29) is 11.7 Å². The lowest BCUT2D eigenvalue weighted by molar-refractivity contribution is -0.121. The molecule has 0 aliphatic rings. The minimum absolute atomic E-state index is 0.149. The summed E-state index contributed by atoms with van der Waals surface area (Å²) in [6.45, 7) is -0.202. The first-order valence-electron chi connectivity index (χ1n) is 6.39. The van der Waals surface area contributed by atoms with Crippen LogP contribution in [0.4, 0.5) is 5.69 Å². The Hall–Kier alpha value is -1.34. The molecule has 0 bridgehead atoms. The molecule has 0 saturated carbocycles. The van der Waals surface area contributed by atoms with Gasteiger partial charge in [-0.1, -0.05) is 35.3 Å². The minimum Gasteiger partial charge on any atom is -0.482 e. The van der Waals surface area contributed by atoms with E-state index in [9.17, 15) is 4.79 Å². The van der Waals surface area contributed by atoms with Crippen LogP contribution in [0.1, 0.15) is 0 Å². The van der Waals surface area contributed by atoms with Crippen molar-refractivity contribution in [1.82, 2.24) is 5.32 Å². The standard InChI is InChI=1S/C15H11BrCl2N2O2S/c16-10-6-5-9(7-12(10)18)19-15(23)20-14(21)8-22-13-4-2-1-3-11(13)17/h1-7H,8H2,(H2,19,20,21,23). The number of carbonyl (C=O) groups excluding carboxylic acids is 1. The highest BCUT2D eigenvalue weighted by molar-refractivity contribution is 9.10. The van der Waals surface area contributed by atoms with Gasteiger partial charge in [0, 0.05) is 10.2 Å². The number of nitrogens with one attached hydrogen (secondary N) is 2. The fraction of sp³-hybridized carbons (Fsp3) is 0.0667. The number of thiocarbonyl (C=S) groups is 1. The van der Waals surface area contributed by atoms with Gasteiger partial charge in [0.2, 0.25) is 0 Å². The van der Waals surface area contributed by atoms with Crippen LogP contribution in [0.3, 0.4) is 0 Å². The second-order valence-corrected chi connectivity index (χ2v) is 6.43. The van der Waals surface area contributed by atoms with Crippen LogP contribution in [0.25, 0.3) is 0 Å². The van der Waals surface area contributed by atoms with Gasteiger partial charge in [-0.2, -0.15) is 0 Å². The average Bonchev–Trinajstić information content (AvgIpc) is 2.50. The second kappa shape index (κ2) is 8.49. The SMILES string of the molecule is O=C(COc1ccccc1Cl)NC(=S)Nc1ccc(Br)c(Cl)c1. The molecule has 0 radical (unpaired) electrons. The summed E-state index contributed by atoms with van der Waals surface area (Å²) < 4.78 is 6.10. The Morgan fingerprint density at radius 2 is 1.91 bits per heavy atom. The van der Waals surface area contributed by atoms with Crippen molar-refractivity contribution in [2.45, 2.75) is 0 Å². The summed E-state index contributed by atoms with van der Waals surface area (Å²) in [5, 5.41) is 6.49. The maximum Gasteiger partial charge on any atom is 0.264 e. The first kappa shape index (κ1) is 18.0. The van der Waals surface area contributed by atoms with Gasteiger partial charge in [0.05, 0.1) is 10.0 Å². The van der Waals surface area contributed by atoms with Crippen LogP contribution in [-0.4, -0.2) is 17.6 Å². The third-order valence-electron chi connectivity index (χ3n) is 2.63. The molecule has 0 fully saturated rings. The molecule has 2 aromatic carbocycles. The smallest absolute Gasteiger partial charge is 0.264 e. The molecule has 8 heteroatoms. The highest BCUT2D eigenvalue weighted by Gasteiger charge is 2.08. The minimum atomic E-state index is -0.398. The number of ether oxygens (including phenoxy) is 1. The number of hydrogen-bond acceptors (Lipinski definition) is 3. The van der Waals surface area contributed by atoms with E-state index in [1.54, 1.807) is 42.5 Å². The van der Waals surface area contributed by atoms with E-state index in [4.69, 9.17) is 40.2 Å². The molecular formula is C15H11BrCl2N2O2S. The first-order chi connectivity index (χ1) is 11.0. The average molecular weight is 434 g/mol. The summed E-state index contributed by atoms with van der Waals surface area (Å²) in [6.07, 6.45) is 0. The summed E-state index contributed by atoms with van der Waals surface area (Å²) in [4.78, 5) is 11.8. The predicted octanol–water partition coefficient (Wildman–Crippen LogP) is 4.65. The summed E-state index contributed by atoms with van der Waals surface area (Å²) >= 11 is 20.3. The maximum atomic E-state index is 11.8. The lowest BCUT2D eigenvalue weighted by atomic mass is 10.3. The van der Waals surface area contributed by atoms with E-state index in [0.29, 0.717) is 21.5 Å². The van der Waals surface area contributed by atoms with Crippen molar-refractivity contribution in [2.24, 2.45) is 0 Å². The molecule has 120 valence electrons. The Kier molecular flexibility index (Phi) is 6.65. The van der Waals surface area contributed by atoms with E-state index in [1.165, 1.54) is 0 Å². The number of rotatable bonds is 4. The molecule has 0 spiro atoms. The lowest BCUT2D eigenvalue weighted by Crippen LogP contribution is -2.37. The number of anilines is 1. The van der Waals surface area contributed by atoms with Crippen LogP contribution < -0.4 is 15.4 Å². The highest BCUT2D eigenvalue weighted by atomic mass is 79.9. The van der Waals surface area contributed by atoms with Gasteiger partial charge in [0.1, 0.15) is 5.75 Å². The molecule has 0 atom stereocenters. The Bertz CT molecular complexity index is 743. The van der Waals surface area contributed by atoms with E-state index in [1.807, 2.05) is 0 Å². The van der Waals surface area contributed by atoms with Crippen molar-refractivity contribution in [2.75, 3.05) is 11.9 Å². The predicted molar refractivity (Wildman–Crippen MR) is 100 cm³/mol. The summed E-state index contributed by atoms with van der Waals surface area (Å²) in [5.41, 5.74) is 0.663. The van der Waals surface area contributed by atoms with Crippen LogP contribution in [0.2, 0.25) is 10.0 Å². The van der Waals surface area contributed by atoms with E-state index >= 15 is 0 Å². The molecule has 0 unspecified atom stereocenters. The highest BCUT2D eigenvalue weighted by Crippen LogP contribution is 2.25. The van der Waals surface area contributed by atoms with Gasteiger partial charge in [0.15, 0.2) is 11.7 Å². The topological polar surface area (TPSA) is 50.4 Å². The molecule has 2 rings (SSSR count). The fourth-order valence-electron chi connectivity index (χ4n) is 1.60. The molecule has 0 aliphatic carbocycles. The third-order valence-corrected chi connectivity index (χ3v) is 4.37. The first-order valence-corrected chi connectivity index (χ1v) is 8.34. The van der Waals surface area contributed by atoms with Crippen molar-refractivity contribution in [1.29, 1.82) is 0 Å². The van der Waals surface area contributed by atoms with Crippen molar-refractivity contribution >= 4 is 68.1 Å². The number of hydrogen-bond donors (Lipinski definition) is 2. The molecule has 0 heterocycles. The van der Waals surface area contributed by atoms with Crippen LogP contribution in [0.15, 0.2) is 46.9 Å². The number of benzene rings is 2. The third kappa shape index (κ3) is 5.66. The van der Waals surface area contributed by atoms with Crippen LogP contribution in [-0.2, 0) is 4.79 Å². The van der Waals surface area contributed by atoms with Gasteiger partial charge in [-0.05, 0) is 58.5 Å². The van der Waals surface area contributed by atoms with Crippen LogP contribution in [0, 0.1) is 0 Å². The van der Waals surface area contributed by atoms with Gasteiger partial charge in [-0.3, -0.25) is 10.1 Å². The van der Waals surface area contributed by atoms with Crippen molar-refractivity contribution < 1.29 is 9.53 Å². The summed E-state index contributed by atoms with van der Waals surface area (Å²) in [5.74, 6) is 0.0357. The fourth-order valence-corrected chi connectivity index (χ4v) is 2.45. The van der Waals surface area contributed by atoms with Gasteiger partial charge < -0.3 is 10.1 Å². The maximum absolute atomic E-state index is 11.8. The molecule has 2 aromatic rings. The van der Waals surface area contributed by atoms with E-state index < -0.39 is 5.91 Å². The Morgan fingerprint density at radius 3 is 2.61 bits per heavy atom. The number of para-hydroxylation sites is 1. The Morgan fingerprint density at radius 1 is 1.17 bits per heavy atom. The van der Waals surface area contributed by atoms with Crippen molar-refractivity contribution in [3.8, 4) is 5.75 Å².